The minimum Gasteiger partial charge on any atom is -0.384 e. The molecule has 0 aliphatic rings. The molecule has 0 saturated carbocycles. The zero-order chi connectivity index (χ0) is 8.81. The van der Waals surface area contributed by atoms with Crippen molar-refractivity contribution in [2.45, 2.75) is 0 Å². The molecule has 0 fully saturated rings. The van der Waals surface area contributed by atoms with Gasteiger partial charge < -0.3 is 11.1 Å². The van der Waals surface area contributed by atoms with Gasteiger partial charge >= 0.3 is 0 Å². The summed E-state index contributed by atoms with van der Waals surface area (Å²) in [5.74, 6) is 2.57. The van der Waals surface area contributed by atoms with Gasteiger partial charge in [-0.3, -0.25) is 0 Å². The van der Waals surface area contributed by atoms with Gasteiger partial charge in [-0.05, 0) is 18.2 Å². The second-order valence-electron chi connectivity index (χ2n) is 2.44. The maximum Gasteiger partial charge on any atom is 0.0353 e. The molecule has 1 aromatic carbocycles. The van der Waals surface area contributed by atoms with E-state index < -0.39 is 0 Å². The van der Waals surface area contributed by atoms with Crippen molar-refractivity contribution in [1.29, 1.82) is 0 Å². The monoisotopic (exact) mass is 160 g/mol. The van der Waals surface area contributed by atoms with Gasteiger partial charge in [-0.15, -0.1) is 6.42 Å². The SMILES string of the molecule is C#Cc1cccc(NCCN)c1. The summed E-state index contributed by atoms with van der Waals surface area (Å²) in [7, 11) is 0. The molecular formula is C10H12N2. The van der Waals surface area contributed by atoms with E-state index in [0.29, 0.717) is 6.54 Å². The topological polar surface area (TPSA) is 38.0 Å². The van der Waals surface area contributed by atoms with Gasteiger partial charge in [0.05, 0.1) is 0 Å². The Kier molecular flexibility index (Phi) is 3.18. The second kappa shape index (κ2) is 4.42. The number of nitrogens with one attached hydrogen (secondary N) is 1. The molecule has 62 valence electrons. The van der Waals surface area contributed by atoms with Crippen molar-refractivity contribution in [3.63, 3.8) is 0 Å². The van der Waals surface area contributed by atoms with Crippen LogP contribution in [0.15, 0.2) is 24.3 Å². The summed E-state index contributed by atoms with van der Waals surface area (Å²) in [6.45, 7) is 1.40. The van der Waals surface area contributed by atoms with Gasteiger partial charge in [0.1, 0.15) is 0 Å². The van der Waals surface area contributed by atoms with Crippen LogP contribution in [-0.2, 0) is 0 Å². The summed E-state index contributed by atoms with van der Waals surface area (Å²) in [6, 6.07) is 7.72. The Balaban J connectivity index is 2.68. The molecule has 1 rings (SSSR count). The molecule has 0 atom stereocenters. The molecule has 0 amide bonds. The Labute approximate surface area is 72.8 Å². The van der Waals surface area contributed by atoms with E-state index in [1.165, 1.54) is 0 Å². The smallest absolute Gasteiger partial charge is 0.0353 e. The van der Waals surface area contributed by atoms with E-state index in [2.05, 4.69) is 11.2 Å². The number of anilines is 1. The first kappa shape index (κ1) is 8.63. The average molecular weight is 160 g/mol. The third kappa shape index (κ3) is 2.30. The van der Waals surface area contributed by atoms with Crippen LogP contribution < -0.4 is 11.1 Å². The van der Waals surface area contributed by atoms with Crippen LogP contribution in [0, 0.1) is 12.3 Å². The van der Waals surface area contributed by atoms with E-state index in [4.69, 9.17) is 12.2 Å². The lowest BCUT2D eigenvalue weighted by molar-refractivity contribution is 1.02. The predicted molar refractivity (Wildman–Crippen MR) is 51.9 cm³/mol. The number of hydrogen-bond donors (Lipinski definition) is 2. The maximum absolute atomic E-state index is 5.34. The molecule has 0 bridgehead atoms. The standard InChI is InChI=1S/C10H12N2/c1-2-9-4-3-5-10(8-9)12-7-6-11/h1,3-5,8,12H,6-7,11H2. The Morgan fingerprint density at radius 3 is 3.00 bits per heavy atom. The molecule has 12 heavy (non-hydrogen) atoms. The lowest BCUT2D eigenvalue weighted by atomic mass is 10.2. The molecule has 0 spiro atoms. The van der Waals surface area contributed by atoms with Crippen molar-refractivity contribution < 1.29 is 0 Å². The van der Waals surface area contributed by atoms with Gasteiger partial charge in [-0.2, -0.15) is 0 Å². The lowest BCUT2D eigenvalue weighted by Crippen LogP contribution is -2.12. The molecule has 2 nitrogen and oxygen atoms in total. The third-order valence-corrected chi connectivity index (χ3v) is 1.50. The Hall–Kier alpha value is -1.46. The first-order valence-electron chi connectivity index (χ1n) is 3.87. The Bertz CT molecular complexity index is 286. The molecule has 0 aliphatic carbocycles. The maximum atomic E-state index is 5.34. The molecule has 0 radical (unpaired) electrons. The van der Waals surface area contributed by atoms with Gasteiger partial charge in [0, 0.05) is 24.3 Å². The fourth-order valence-corrected chi connectivity index (χ4v) is 0.935. The first-order valence-corrected chi connectivity index (χ1v) is 3.87. The van der Waals surface area contributed by atoms with Gasteiger partial charge in [0.2, 0.25) is 0 Å². The summed E-state index contributed by atoms with van der Waals surface area (Å²) < 4.78 is 0. The Morgan fingerprint density at radius 1 is 1.50 bits per heavy atom. The van der Waals surface area contributed by atoms with E-state index in [1.54, 1.807) is 0 Å². The van der Waals surface area contributed by atoms with Gasteiger partial charge in [0.25, 0.3) is 0 Å². The van der Waals surface area contributed by atoms with E-state index in [-0.39, 0.29) is 0 Å². The van der Waals surface area contributed by atoms with Crippen LogP contribution in [0.5, 0.6) is 0 Å². The fourth-order valence-electron chi connectivity index (χ4n) is 0.935. The number of nitrogens with two attached hydrogens (primary N) is 1. The van der Waals surface area contributed by atoms with Crippen LogP contribution in [-0.4, -0.2) is 13.1 Å². The molecule has 2 heteroatoms. The molecule has 0 saturated heterocycles. The van der Waals surface area contributed by atoms with Crippen molar-refractivity contribution >= 4 is 5.69 Å². The molecular weight excluding hydrogens is 148 g/mol. The van der Waals surface area contributed by atoms with Crippen molar-refractivity contribution in [3.05, 3.63) is 29.8 Å². The van der Waals surface area contributed by atoms with Crippen LogP contribution in [0.25, 0.3) is 0 Å². The lowest BCUT2D eigenvalue weighted by Gasteiger charge is -2.03. The minimum absolute atomic E-state index is 0.625. The van der Waals surface area contributed by atoms with Crippen LogP contribution in [0.4, 0.5) is 5.69 Å². The van der Waals surface area contributed by atoms with Crippen LogP contribution in [0.2, 0.25) is 0 Å². The van der Waals surface area contributed by atoms with Gasteiger partial charge in [0.15, 0.2) is 0 Å². The summed E-state index contributed by atoms with van der Waals surface area (Å²) in [5, 5.41) is 3.15. The van der Waals surface area contributed by atoms with Crippen molar-refractivity contribution in [2.24, 2.45) is 5.73 Å². The molecule has 0 aliphatic heterocycles. The summed E-state index contributed by atoms with van der Waals surface area (Å²) in [6.07, 6.45) is 5.24. The first-order chi connectivity index (χ1) is 5.86. The summed E-state index contributed by atoms with van der Waals surface area (Å²) >= 11 is 0. The highest BCUT2D eigenvalue weighted by Crippen LogP contribution is 2.08. The van der Waals surface area contributed by atoms with Crippen LogP contribution in [0.3, 0.4) is 0 Å². The highest BCUT2D eigenvalue weighted by molar-refractivity contribution is 5.49. The quantitative estimate of drug-likeness (QED) is 0.648. The fraction of sp³-hybridized carbons (Fsp3) is 0.200. The van der Waals surface area contributed by atoms with E-state index >= 15 is 0 Å². The minimum atomic E-state index is 0.625. The molecule has 1 aromatic rings. The number of terminal acetylenes is 1. The highest BCUT2D eigenvalue weighted by Gasteiger charge is 1.90. The third-order valence-electron chi connectivity index (χ3n) is 1.50. The van der Waals surface area contributed by atoms with Gasteiger partial charge in [-0.1, -0.05) is 12.0 Å². The number of benzene rings is 1. The number of hydrogen-bond acceptors (Lipinski definition) is 2. The van der Waals surface area contributed by atoms with Crippen molar-refractivity contribution in [2.75, 3.05) is 18.4 Å². The van der Waals surface area contributed by atoms with E-state index in [1.807, 2.05) is 24.3 Å². The highest BCUT2D eigenvalue weighted by atomic mass is 14.9. The molecule has 0 aromatic heterocycles. The van der Waals surface area contributed by atoms with E-state index in [9.17, 15) is 0 Å². The molecule has 0 unspecified atom stereocenters. The predicted octanol–water partition coefficient (Wildman–Crippen LogP) is 1.04. The van der Waals surface area contributed by atoms with Crippen LogP contribution in [0.1, 0.15) is 5.56 Å². The van der Waals surface area contributed by atoms with Crippen LogP contribution >= 0.6 is 0 Å². The molecule has 0 heterocycles. The largest absolute Gasteiger partial charge is 0.384 e. The zero-order valence-corrected chi connectivity index (χ0v) is 6.88. The Morgan fingerprint density at radius 2 is 2.33 bits per heavy atom. The normalized spacial score (nSPS) is 9.00. The average Bonchev–Trinajstić information content (AvgIpc) is 2.15. The summed E-state index contributed by atoms with van der Waals surface area (Å²) in [4.78, 5) is 0. The number of rotatable bonds is 3. The van der Waals surface area contributed by atoms with Crippen molar-refractivity contribution in [1.82, 2.24) is 0 Å². The zero-order valence-electron chi connectivity index (χ0n) is 6.88. The van der Waals surface area contributed by atoms with E-state index in [0.717, 1.165) is 17.8 Å². The van der Waals surface area contributed by atoms with Gasteiger partial charge in [-0.25, -0.2) is 0 Å². The summed E-state index contributed by atoms with van der Waals surface area (Å²) in [5.41, 5.74) is 7.25. The van der Waals surface area contributed by atoms with Crippen molar-refractivity contribution in [3.8, 4) is 12.3 Å². The second-order valence-corrected chi connectivity index (χ2v) is 2.44. The molecule has 3 N–H and O–H groups in total.